The molecule has 7 nitrogen and oxygen atoms in total. The van der Waals surface area contributed by atoms with Gasteiger partial charge in [-0.05, 0) is 78.1 Å². The standard InChI is InChI=1S/C27H27BrN2O5/c1-17(2)22-11-5-18(3)13-24(22)34-16-26(31)30-29-15-19-6-12-23(25(14-19)33-4)35-27(32)20-7-9-21(28)10-8-20/h5-15,17H,16H2,1-4H3,(H,30,31)/b29-15-. The third kappa shape index (κ3) is 7.42. The zero-order chi connectivity index (χ0) is 25.4. The lowest BCUT2D eigenvalue weighted by atomic mass is 10.0. The molecule has 0 unspecified atom stereocenters. The number of nitrogens with zero attached hydrogens (tertiary/aromatic N) is 1. The zero-order valence-corrected chi connectivity index (χ0v) is 21.6. The Morgan fingerprint density at radius 3 is 2.43 bits per heavy atom. The minimum Gasteiger partial charge on any atom is -0.493 e. The molecule has 0 bridgehead atoms. The van der Waals surface area contributed by atoms with Crippen molar-refractivity contribution in [2.45, 2.75) is 26.7 Å². The molecule has 0 aliphatic carbocycles. The smallest absolute Gasteiger partial charge is 0.343 e. The van der Waals surface area contributed by atoms with E-state index in [0.717, 1.165) is 15.6 Å². The van der Waals surface area contributed by atoms with Gasteiger partial charge in [-0.2, -0.15) is 5.10 Å². The fourth-order valence-electron chi connectivity index (χ4n) is 3.19. The lowest BCUT2D eigenvalue weighted by Gasteiger charge is -2.14. The molecule has 1 amide bonds. The van der Waals surface area contributed by atoms with Gasteiger partial charge in [-0.25, -0.2) is 10.2 Å². The lowest BCUT2D eigenvalue weighted by Crippen LogP contribution is -2.25. The van der Waals surface area contributed by atoms with E-state index in [9.17, 15) is 9.59 Å². The summed E-state index contributed by atoms with van der Waals surface area (Å²) in [6.45, 7) is 5.96. The van der Waals surface area contributed by atoms with Crippen LogP contribution in [0.1, 0.15) is 46.8 Å². The Morgan fingerprint density at radius 1 is 1.00 bits per heavy atom. The van der Waals surface area contributed by atoms with Crippen LogP contribution >= 0.6 is 15.9 Å². The number of carbonyl (C=O) groups excluding carboxylic acids is 2. The van der Waals surface area contributed by atoms with Gasteiger partial charge in [0.15, 0.2) is 18.1 Å². The Balaban J connectivity index is 1.58. The van der Waals surface area contributed by atoms with E-state index in [1.54, 1.807) is 42.5 Å². The van der Waals surface area contributed by atoms with Crippen molar-refractivity contribution in [2.75, 3.05) is 13.7 Å². The summed E-state index contributed by atoms with van der Waals surface area (Å²) < 4.78 is 17.4. The van der Waals surface area contributed by atoms with Gasteiger partial charge >= 0.3 is 5.97 Å². The van der Waals surface area contributed by atoms with Crippen molar-refractivity contribution in [3.8, 4) is 17.2 Å². The molecule has 0 heterocycles. The first-order valence-corrected chi connectivity index (χ1v) is 11.8. The molecule has 0 atom stereocenters. The first-order chi connectivity index (χ1) is 16.8. The maximum atomic E-state index is 12.4. The second kappa shape index (κ2) is 12.2. The summed E-state index contributed by atoms with van der Waals surface area (Å²) >= 11 is 3.33. The molecule has 0 saturated heterocycles. The summed E-state index contributed by atoms with van der Waals surface area (Å²) in [4.78, 5) is 24.6. The van der Waals surface area contributed by atoms with Crippen LogP contribution < -0.4 is 19.6 Å². The van der Waals surface area contributed by atoms with Crippen LogP contribution in [0.3, 0.4) is 0 Å². The maximum Gasteiger partial charge on any atom is 0.343 e. The van der Waals surface area contributed by atoms with Gasteiger partial charge in [-0.3, -0.25) is 4.79 Å². The summed E-state index contributed by atoms with van der Waals surface area (Å²) in [6.07, 6.45) is 1.47. The first-order valence-electron chi connectivity index (χ1n) is 11.0. The number of nitrogens with one attached hydrogen (secondary N) is 1. The van der Waals surface area contributed by atoms with Crippen molar-refractivity contribution in [2.24, 2.45) is 5.10 Å². The number of aryl methyl sites for hydroxylation is 1. The third-order valence-corrected chi connectivity index (χ3v) is 5.55. The molecule has 0 spiro atoms. The fourth-order valence-corrected chi connectivity index (χ4v) is 3.46. The Hall–Kier alpha value is -3.65. The molecule has 3 aromatic carbocycles. The van der Waals surface area contributed by atoms with Crippen LogP contribution in [-0.2, 0) is 4.79 Å². The van der Waals surface area contributed by atoms with Crippen molar-refractivity contribution in [3.63, 3.8) is 0 Å². The molecule has 35 heavy (non-hydrogen) atoms. The monoisotopic (exact) mass is 538 g/mol. The quantitative estimate of drug-likeness (QED) is 0.165. The highest BCUT2D eigenvalue weighted by atomic mass is 79.9. The van der Waals surface area contributed by atoms with Crippen LogP contribution in [0.4, 0.5) is 0 Å². The number of halogens is 1. The number of amides is 1. The van der Waals surface area contributed by atoms with E-state index in [4.69, 9.17) is 14.2 Å². The molecule has 3 rings (SSSR count). The lowest BCUT2D eigenvalue weighted by molar-refractivity contribution is -0.123. The van der Waals surface area contributed by atoms with E-state index in [2.05, 4.69) is 40.3 Å². The number of methoxy groups -OCH3 is 1. The normalized spacial score (nSPS) is 10.9. The second-order valence-electron chi connectivity index (χ2n) is 8.08. The summed E-state index contributed by atoms with van der Waals surface area (Å²) in [5, 5.41) is 3.98. The third-order valence-electron chi connectivity index (χ3n) is 5.02. The van der Waals surface area contributed by atoms with Crippen molar-refractivity contribution in [1.29, 1.82) is 0 Å². The highest BCUT2D eigenvalue weighted by molar-refractivity contribution is 9.10. The van der Waals surface area contributed by atoms with Gasteiger partial charge in [0.2, 0.25) is 0 Å². The molecule has 0 aromatic heterocycles. The predicted molar refractivity (Wildman–Crippen MR) is 139 cm³/mol. The molecule has 0 fully saturated rings. The Bertz CT molecular complexity index is 1220. The molecular formula is C27H27BrN2O5. The predicted octanol–water partition coefficient (Wildman–Crippen LogP) is 5.64. The number of esters is 1. The number of hydrogen-bond acceptors (Lipinski definition) is 6. The van der Waals surface area contributed by atoms with E-state index >= 15 is 0 Å². The van der Waals surface area contributed by atoms with Crippen molar-refractivity contribution in [3.05, 3.63) is 87.4 Å². The number of benzene rings is 3. The molecule has 1 N–H and O–H groups in total. The van der Waals surface area contributed by atoms with E-state index in [-0.39, 0.29) is 24.2 Å². The number of hydrogen-bond donors (Lipinski definition) is 1. The molecular weight excluding hydrogens is 512 g/mol. The minimum absolute atomic E-state index is 0.158. The molecule has 0 saturated carbocycles. The Labute approximate surface area is 213 Å². The van der Waals surface area contributed by atoms with Gasteiger partial charge in [0, 0.05) is 4.47 Å². The first kappa shape index (κ1) is 26.0. The minimum atomic E-state index is -0.501. The number of hydrazone groups is 1. The summed E-state index contributed by atoms with van der Waals surface area (Å²) in [5.41, 5.74) is 5.61. The summed E-state index contributed by atoms with van der Waals surface area (Å²) in [5.74, 6) is 0.711. The van der Waals surface area contributed by atoms with Crippen molar-refractivity contribution in [1.82, 2.24) is 5.43 Å². The molecule has 182 valence electrons. The Morgan fingerprint density at radius 2 is 1.74 bits per heavy atom. The largest absolute Gasteiger partial charge is 0.493 e. The van der Waals surface area contributed by atoms with E-state index < -0.39 is 5.97 Å². The van der Waals surface area contributed by atoms with Gasteiger partial charge in [0.05, 0.1) is 18.9 Å². The van der Waals surface area contributed by atoms with Gasteiger partial charge in [-0.15, -0.1) is 0 Å². The zero-order valence-electron chi connectivity index (χ0n) is 20.0. The van der Waals surface area contributed by atoms with Crippen LogP contribution in [0.25, 0.3) is 0 Å². The molecule has 0 aliphatic heterocycles. The van der Waals surface area contributed by atoms with Crippen molar-refractivity contribution >= 4 is 34.0 Å². The van der Waals surface area contributed by atoms with Crippen LogP contribution in [0.2, 0.25) is 0 Å². The maximum absolute atomic E-state index is 12.4. The van der Waals surface area contributed by atoms with E-state index in [1.165, 1.54) is 13.3 Å². The second-order valence-corrected chi connectivity index (χ2v) is 9.00. The van der Waals surface area contributed by atoms with Gasteiger partial charge in [0.25, 0.3) is 5.91 Å². The SMILES string of the molecule is COc1cc(/C=N\NC(=O)COc2cc(C)ccc2C(C)C)ccc1OC(=O)c1ccc(Br)cc1. The number of carbonyl (C=O) groups is 2. The van der Waals surface area contributed by atoms with Crippen molar-refractivity contribution < 1.29 is 23.8 Å². The summed E-state index contributed by atoms with van der Waals surface area (Å²) in [6, 6.07) is 17.7. The van der Waals surface area contributed by atoms with Gasteiger partial charge < -0.3 is 14.2 Å². The number of ether oxygens (including phenoxy) is 3. The molecule has 0 aliphatic rings. The van der Waals surface area contributed by atoms with Crippen LogP contribution in [0, 0.1) is 6.92 Å². The highest BCUT2D eigenvalue weighted by Crippen LogP contribution is 2.29. The number of rotatable bonds is 9. The van der Waals surface area contributed by atoms with Crippen LogP contribution in [-0.4, -0.2) is 31.8 Å². The Kier molecular flexibility index (Phi) is 9.03. The van der Waals surface area contributed by atoms with Gasteiger partial charge in [0.1, 0.15) is 5.75 Å². The average molecular weight is 539 g/mol. The summed E-state index contributed by atoms with van der Waals surface area (Å²) in [7, 11) is 1.48. The molecule has 0 radical (unpaired) electrons. The van der Waals surface area contributed by atoms with E-state index in [0.29, 0.717) is 22.6 Å². The topological polar surface area (TPSA) is 86.2 Å². The van der Waals surface area contributed by atoms with E-state index in [1.807, 2.05) is 25.1 Å². The van der Waals surface area contributed by atoms with Crippen LogP contribution in [0.15, 0.2) is 70.2 Å². The molecule has 8 heteroatoms. The van der Waals surface area contributed by atoms with Gasteiger partial charge in [-0.1, -0.05) is 41.9 Å². The molecule has 3 aromatic rings. The average Bonchev–Trinajstić information content (AvgIpc) is 2.83. The highest BCUT2D eigenvalue weighted by Gasteiger charge is 2.13. The fraction of sp³-hybridized carbons (Fsp3) is 0.222. The van der Waals surface area contributed by atoms with Crippen LogP contribution in [0.5, 0.6) is 17.2 Å².